The Morgan fingerprint density at radius 1 is 1.19 bits per heavy atom. The van der Waals surface area contributed by atoms with Crippen LogP contribution in [0.2, 0.25) is 0 Å². The maximum Gasteiger partial charge on any atom is 0.335 e. The summed E-state index contributed by atoms with van der Waals surface area (Å²) in [5, 5.41) is 12.0. The second kappa shape index (κ2) is 6.51. The normalized spacial score (nSPS) is 10.1. The lowest BCUT2D eigenvalue weighted by atomic mass is 10.1. The third-order valence-corrected chi connectivity index (χ3v) is 2.90. The molecule has 0 aliphatic carbocycles. The van der Waals surface area contributed by atoms with Crippen molar-refractivity contribution in [2.45, 2.75) is 6.42 Å². The molecular formula is C15H15N3O3. The van der Waals surface area contributed by atoms with E-state index in [2.05, 4.69) is 10.3 Å². The summed E-state index contributed by atoms with van der Waals surface area (Å²) >= 11 is 0. The number of carbonyl (C=O) groups excluding carboxylic acids is 1. The molecule has 21 heavy (non-hydrogen) atoms. The first-order chi connectivity index (χ1) is 10.1. The highest BCUT2D eigenvalue weighted by Crippen LogP contribution is 2.08. The number of hydrogen-bond acceptors (Lipinski definition) is 4. The first-order valence-electron chi connectivity index (χ1n) is 6.39. The molecule has 6 heteroatoms. The average Bonchev–Trinajstić information content (AvgIpc) is 2.48. The van der Waals surface area contributed by atoms with Gasteiger partial charge in [-0.1, -0.05) is 18.2 Å². The summed E-state index contributed by atoms with van der Waals surface area (Å²) in [7, 11) is 0. The molecule has 0 radical (unpaired) electrons. The van der Waals surface area contributed by atoms with E-state index in [1.165, 1.54) is 0 Å². The van der Waals surface area contributed by atoms with Crippen molar-refractivity contribution in [3.8, 4) is 0 Å². The number of carboxylic acid groups (broad SMARTS) is 1. The third-order valence-electron chi connectivity index (χ3n) is 2.90. The van der Waals surface area contributed by atoms with Gasteiger partial charge in [0.1, 0.15) is 11.5 Å². The molecule has 2 aromatic rings. The number of amides is 1. The van der Waals surface area contributed by atoms with Crippen molar-refractivity contribution in [2.24, 2.45) is 5.73 Å². The van der Waals surface area contributed by atoms with E-state index in [1.807, 2.05) is 6.07 Å². The largest absolute Gasteiger partial charge is 0.478 e. The molecule has 0 aliphatic heterocycles. The van der Waals surface area contributed by atoms with Crippen LogP contribution in [-0.2, 0) is 6.42 Å². The molecule has 0 spiro atoms. The van der Waals surface area contributed by atoms with Crippen molar-refractivity contribution in [1.82, 2.24) is 4.98 Å². The van der Waals surface area contributed by atoms with E-state index in [4.69, 9.17) is 10.8 Å². The summed E-state index contributed by atoms with van der Waals surface area (Å²) in [6.07, 6.45) is 0.642. The summed E-state index contributed by atoms with van der Waals surface area (Å²) in [6, 6.07) is 11.7. The average molecular weight is 285 g/mol. The highest BCUT2D eigenvalue weighted by molar-refractivity contribution is 5.91. The van der Waals surface area contributed by atoms with Gasteiger partial charge in [0.25, 0.3) is 5.91 Å². The number of benzene rings is 1. The number of anilines is 1. The fraction of sp³-hybridized carbons (Fsp3) is 0.133. The van der Waals surface area contributed by atoms with E-state index in [-0.39, 0.29) is 11.3 Å². The minimum Gasteiger partial charge on any atom is -0.478 e. The number of aromatic carboxylic acids is 1. The van der Waals surface area contributed by atoms with Crippen molar-refractivity contribution in [3.63, 3.8) is 0 Å². The van der Waals surface area contributed by atoms with Gasteiger partial charge in [0, 0.05) is 6.54 Å². The first-order valence-corrected chi connectivity index (χ1v) is 6.39. The van der Waals surface area contributed by atoms with Gasteiger partial charge < -0.3 is 16.2 Å². The van der Waals surface area contributed by atoms with E-state index >= 15 is 0 Å². The zero-order valence-corrected chi connectivity index (χ0v) is 11.2. The van der Waals surface area contributed by atoms with Crippen LogP contribution in [0.4, 0.5) is 5.82 Å². The lowest BCUT2D eigenvalue weighted by Gasteiger charge is -2.07. The molecule has 0 atom stereocenters. The van der Waals surface area contributed by atoms with Crippen LogP contribution in [0.5, 0.6) is 0 Å². The number of rotatable bonds is 6. The molecule has 0 fully saturated rings. The van der Waals surface area contributed by atoms with Gasteiger partial charge >= 0.3 is 5.97 Å². The Morgan fingerprint density at radius 3 is 2.67 bits per heavy atom. The third kappa shape index (κ3) is 4.04. The van der Waals surface area contributed by atoms with E-state index in [0.29, 0.717) is 18.8 Å². The molecule has 0 saturated heterocycles. The van der Waals surface area contributed by atoms with Crippen molar-refractivity contribution in [2.75, 3.05) is 11.9 Å². The minimum absolute atomic E-state index is 0.202. The van der Waals surface area contributed by atoms with E-state index in [1.54, 1.807) is 36.4 Å². The quantitative estimate of drug-likeness (QED) is 0.746. The van der Waals surface area contributed by atoms with Gasteiger partial charge in [-0.3, -0.25) is 4.79 Å². The van der Waals surface area contributed by atoms with Crippen molar-refractivity contribution < 1.29 is 14.7 Å². The monoisotopic (exact) mass is 285 g/mol. The molecule has 1 aromatic carbocycles. The fourth-order valence-electron chi connectivity index (χ4n) is 1.87. The minimum atomic E-state index is -0.944. The number of carbonyl (C=O) groups is 2. The lowest BCUT2D eigenvalue weighted by Crippen LogP contribution is -2.14. The Kier molecular flexibility index (Phi) is 4.50. The second-order valence-corrected chi connectivity index (χ2v) is 4.45. The summed E-state index contributed by atoms with van der Waals surface area (Å²) in [4.78, 5) is 26.0. The summed E-state index contributed by atoms with van der Waals surface area (Å²) in [6.45, 7) is 0.568. The van der Waals surface area contributed by atoms with E-state index < -0.39 is 11.9 Å². The number of aromatic nitrogens is 1. The number of nitrogens with two attached hydrogens (primary N) is 1. The molecule has 0 aliphatic rings. The molecule has 108 valence electrons. The SMILES string of the molecule is NC(=O)c1cccc(NCCc2cccc(C(=O)O)c2)n1. The van der Waals surface area contributed by atoms with Gasteiger partial charge in [0.2, 0.25) is 0 Å². The zero-order valence-electron chi connectivity index (χ0n) is 11.2. The molecule has 1 heterocycles. The van der Waals surface area contributed by atoms with Crippen molar-refractivity contribution >= 4 is 17.7 Å². The van der Waals surface area contributed by atoms with E-state index in [0.717, 1.165) is 5.56 Å². The van der Waals surface area contributed by atoms with Crippen LogP contribution in [0, 0.1) is 0 Å². The number of nitrogens with zero attached hydrogens (tertiary/aromatic N) is 1. The fourth-order valence-corrected chi connectivity index (χ4v) is 1.87. The molecule has 1 aromatic heterocycles. The van der Waals surface area contributed by atoms with E-state index in [9.17, 15) is 9.59 Å². The predicted molar refractivity (Wildman–Crippen MR) is 78.3 cm³/mol. The summed E-state index contributed by atoms with van der Waals surface area (Å²) < 4.78 is 0. The molecule has 2 rings (SSSR count). The maximum atomic E-state index is 11.0. The number of hydrogen-bond donors (Lipinski definition) is 3. The Labute approximate surface area is 121 Å². The highest BCUT2D eigenvalue weighted by atomic mass is 16.4. The first kappa shape index (κ1) is 14.5. The zero-order chi connectivity index (χ0) is 15.2. The standard InChI is InChI=1S/C15H15N3O3/c16-14(19)12-5-2-6-13(18-12)17-8-7-10-3-1-4-11(9-10)15(20)21/h1-6,9H,7-8H2,(H2,16,19)(H,17,18)(H,20,21). The highest BCUT2D eigenvalue weighted by Gasteiger charge is 2.04. The second-order valence-electron chi connectivity index (χ2n) is 4.45. The van der Waals surface area contributed by atoms with Crippen LogP contribution in [0.25, 0.3) is 0 Å². The Bertz CT molecular complexity index is 613. The van der Waals surface area contributed by atoms with Crippen LogP contribution in [0.1, 0.15) is 26.4 Å². The van der Waals surface area contributed by atoms with Crippen molar-refractivity contribution in [3.05, 3.63) is 59.3 Å². The van der Waals surface area contributed by atoms with Crippen LogP contribution in [-0.4, -0.2) is 28.5 Å². The molecule has 4 N–H and O–H groups in total. The van der Waals surface area contributed by atoms with Crippen LogP contribution in [0.3, 0.4) is 0 Å². The number of primary amides is 1. The van der Waals surface area contributed by atoms with Gasteiger partial charge in [0.05, 0.1) is 5.56 Å². The van der Waals surface area contributed by atoms with Gasteiger partial charge in [-0.15, -0.1) is 0 Å². The summed E-state index contributed by atoms with van der Waals surface area (Å²) in [5.41, 5.74) is 6.54. The van der Waals surface area contributed by atoms with Crippen LogP contribution in [0.15, 0.2) is 42.5 Å². The predicted octanol–water partition coefficient (Wildman–Crippen LogP) is 1.53. The van der Waals surface area contributed by atoms with Crippen LogP contribution < -0.4 is 11.1 Å². The molecule has 0 bridgehead atoms. The molecule has 0 unspecified atom stereocenters. The maximum absolute atomic E-state index is 11.0. The Hall–Kier alpha value is -2.89. The number of carboxylic acids is 1. The summed E-state index contributed by atoms with van der Waals surface area (Å²) in [5.74, 6) is -0.964. The molecule has 6 nitrogen and oxygen atoms in total. The van der Waals surface area contributed by atoms with Gasteiger partial charge in [-0.2, -0.15) is 0 Å². The molecular weight excluding hydrogens is 270 g/mol. The van der Waals surface area contributed by atoms with Gasteiger partial charge in [-0.05, 0) is 36.2 Å². The van der Waals surface area contributed by atoms with Crippen LogP contribution >= 0.6 is 0 Å². The number of nitrogens with one attached hydrogen (secondary N) is 1. The lowest BCUT2D eigenvalue weighted by molar-refractivity contribution is 0.0696. The van der Waals surface area contributed by atoms with Crippen molar-refractivity contribution in [1.29, 1.82) is 0 Å². The molecule has 0 saturated carbocycles. The molecule has 1 amide bonds. The smallest absolute Gasteiger partial charge is 0.335 e. The van der Waals surface area contributed by atoms with Gasteiger partial charge in [-0.25, -0.2) is 9.78 Å². The number of pyridine rings is 1. The van der Waals surface area contributed by atoms with Gasteiger partial charge in [0.15, 0.2) is 0 Å². The Balaban J connectivity index is 1.95. The Morgan fingerprint density at radius 2 is 1.95 bits per heavy atom. The topological polar surface area (TPSA) is 105 Å².